The number of nitrogens with zero attached hydrogens (tertiary/aromatic N) is 2. The Labute approximate surface area is 193 Å². The largest absolute Gasteiger partial charge is 0.496 e. The molecule has 8 heteroatoms. The summed E-state index contributed by atoms with van der Waals surface area (Å²) in [5.74, 6) is 0.724. The third-order valence-electron chi connectivity index (χ3n) is 5.25. The molecular weight excluding hydrogens is 501 g/mol. The summed E-state index contributed by atoms with van der Waals surface area (Å²) in [6.07, 6.45) is 0.847. The van der Waals surface area contributed by atoms with E-state index in [9.17, 15) is 8.78 Å². The number of methoxy groups -OCH3 is 1. The Morgan fingerprint density at radius 1 is 1.27 bits per heavy atom. The third kappa shape index (κ3) is 5.96. The standard InChI is InChI=1S/C22H28F2N4O.HI/c1-15(18-6-4-5-7-21(18)29-3)13-26-22(25-2)27-17-10-11-28(14-17)20-9-8-16(23)12-19(20)24;/h4-9,12,15,17H,10-11,13-14H2,1-3H3,(H2,25,26,27);1H. The van der Waals surface area contributed by atoms with Crippen LogP contribution in [0, 0.1) is 11.6 Å². The molecule has 1 saturated heterocycles. The number of hydrogen-bond acceptors (Lipinski definition) is 3. The van der Waals surface area contributed by atoms with Gasteiger partial charge in [0.15, 0.2) is 5.96 Å². The summed E-state index contributed by atoms with van der Waals surface area (Å²) < 4.78 is 32.6. The van der Waals surface area contributed by atoms with Gasteiger partial charge in [-0.3, -0.25) is 4.99 Å². The Morgan fingerprint density at radius 2 is 2.03 bits per heavy atom. The lowest BCUT2D eigenvalue weighted by molar-refractivity contribution is 0.406. The molecular formula is C22H29F2IN4O. The third-order valence-corrected chi connectivity index (χ3v) is 5.25. The second-order valence-electron chi connectivity index (χ2n) is 7.27. The highest BCUT2D eigenvalue weighted by Crippen LogP contribution is 2.26. The minimum absolute atomic E-state index is 0. The van der Waals surface area contributed by atoms with Crippen molar-refractivity contribution in [3.8, 4) is 5.75 Å². The van der Waals surface area contributed by atoms with Gasteiger partial charge in [0.05, 0.1) is 12.8 Å². The highest BCUT2D eigenvalue weighted by Gasteiger charge is 2.25. The van der Waals surface area contributed by atoms with Crippen molar-refractivity contribution in [1.82, 2.24) is 10.6 Å². The average molecular weight is 530 g/mol. The van der Waals surface area contributed by atoms with Gasteiger partial charge in [-0.1, -0.05) is 25.1 Å². The number of rotatable bonds is 6. The van der Waals surface area contributed by atoms with Crippen LogP contribution in [0.3, 0.4) is 0 Å². The Balaban J connectivity index is 0.00000320. The first-order chi connectivity index (χ1) is 14.0. The Kier molecular flexibility index (Phi) is 9.13. The fourth-order valence-electron chi connectivity index (χ4n) is 3.66. The molecule has 0 bridgehead atoms. The van der Waals surface area contributed by atoms with Crippen molar-refractivity contribution in [2.75, 3.05) is 38.7 Å². The molecule has 5 nitrogen and oxygen atoms in total. The van der Waals surface area contributed by atoms with E-state index in [1.165, 1.54) is 12.1 Å². The summed E-state index contributed by atoms with van der Waals surface area (Å²) in [6.45, 7) is 4.16. The molecule has 1 heterocycles. The van der Waals surface area contributed by atoms with Crippen LogP contribution >= 0.6 is 24.0 Å². The topological polar surface area (TPSA) is 48.9 Å². The molecule has 1 aliphatic rings. The Hall–Kier alpha value is -2.10. The number of aliphatic imine (C=N–C) groups is 1. The molecule has 0 spiro atoms. The van der Waals surface area contributed by atoms with Crippen LogP contribution < -0.4 is 20.3 Å². The highest BCUT2D eigenvalue weighted by molar-refractivity contribution is 14.0. The highest BCUT2D eigenvalue weighted by atomic mass is 127. The molecule has 3 rings (SSSR count). The molecule has 30 heavy (non-hydrogen) atoms. The molecule has 0 aliphatic carbocycles. The first kappa shape index (κ1) is 24.2. The van der Waals surface area contributed by atoms with Crippen LogP contribution in [-0.2, 0) is 0 Å². The average Bonchev–Trinajstić information content (AvgIpc) is 3.18. The van der Waals surface area contributed by atoms with Gasteiger partial charge in [0.1, 0.15) is 17.4 Å². The van der Waals surface area contributed by atoms with E-state index in [0.29, 0.717) is 31.3 Å². The first-order valence-electron chi connectivity index (χ1n) is 9.82. The predicted octanol–water partition coefficient (Wildman–Crippen LogP) is 4.14. The molecule has 2 atom stereocenters. The number of nitrogens with one attached hydrogen (secondary N) is 2. The number of benzene rings is 2. The van der Waals surface area contributed by atoms with Crippen molar-refractivity contribution >= 4 is 35.6 Å². The second kappa shape index (κ2) is 11.3. The van der Waals surface area contributed by atoms with Crippen LogP contribution in [0.2, 0.25) is 0 Å². The second-order valence-corrected chi connectivity index (χ2v) is 7.27. The van der Waals surface area contributed by atoms with Crippen molar-refractivity contribution in [3.63, 3.8) is 0 Å². The fraction of sp³-hybridized carbons (Fsp3) is 0.409. The lowest BCUT2D eigenvalue weighted by Gasteiger charge is -2.22. The van der Waals surface area contributed by atoms with Crippen LogP contribution in [0.4, 0.5) is 14.5 Å². The van der Waals surface area contributed by atoms with E-state index in [1.807, 2.05) is 23.1 Å². The molecule has 164 valence electrons. The van der Waals surface area contributed by atoms with Gasteiger partial charge in [-0.25, -0.2) is 8.78 Å². The molecule has 1 aliphatic heterocycles. The maximum atomic E-state index is 14.0. The van der Waals surface area contributed by atoms with E-state index in [1.54, 1.807) is 14.2 Å². The van der Waals surface area contributed by atoms with Gasteiger partial charge in [-0.2, -0.15) is 0 Å². The number of halogens is 3. The summed E-state index contributed by atoms with van der Waals surface area (Å²) in [5, 5.41) is 6.76. The van der Waals surface area contributed by atoms with E-state index in [4.69, 9.17) is 4.74 Å². The smallest absolute Gasteiger partial charge is 0.191 e. The van der Waals surface area contributed by atoms with Crippen molar-refractivity contribution in [2.45, 2.75) is 25.3 Å². The summed E-state index contributed by atoms with van der Waals surface area (Å²) in [7, 11) is 3.41. The van der Waals surface area contributed by atoms with Crippen molar-refractivity contribution < 1.29 is 13.5 Å². The molecule has 2 unspecified atom stereocenters. The van der Waals surface area contributed by atoms with Crippen LogP contribution in [-0.4, -0.2) is 45.8 Å². The molecule has 1 fully saturated rings. The van der Waals surface area contributed by atoms with E-state index in [0.717, 1.165) is 23.8 Å². The Morgan fingerprint density at radius 3 is 2.73 bits per heavy atom. The lowest BCUT2D eigenvalue weighted by atomic mass is 10.0. The zero-order chi connectivity index (χ0) is 20.8. The van der Waals surface area contributed by atoms with Gasteiger partial charge in [0.2, 0.25) is 0 Å². The van der Waals surface area contributed by atoms with Gasteiger partial charge in [0, 0.05) is 44.7 Å². The van der Waals surface area contributed by atoms with Gasteiger partial charge < -0.3 is 20.3 Å². The maximum absolute atomic E-state index is 14.0. The summed E-state index contributed by atoms with van der Waals surface area (Å²) in [6, 6.07) is 11.8. The van der Waals surface area contributed by atoms with Crippen LogP contribution in [0.25, 0.3) is 0 Å². The van der Waals surface area contributed by atoms with Crippen LogP contribution in [0.1, 0.15) is 24.8 Å². The zero-order valence-corrected chi connectivity index (χ0v) is 19.8. The van der Waals surface area contributed by atoms with Crippen molar-refractivity contribution in [1.29, 1.82) is 0 Å². The minimum atomic E-state index is -0.561. The molecule has 0 amide bonds. The molecule has 2 aromatic carbocycles. The number of ether oxygens (including phenoxy) is 1. The molecule has 0 radical (unpaired) electrons. The number of anilines is 1. The Bertz CT molecular complexity index is 865. The van der Waals surface area contributed by atoms with Gasteiger partial charge >= 0.3 is 0 Å². The minimum Gasteiger partial charge on any atom is -0.496 e. The summed E-state index contributed by atoms with van der Waals surface area (Å²) >= 11 is 0. The normalized spacial score (nSPS) is 17.3. The van der Waals surface area contributed by atoms with Crippen molar-refractivity contribution in [3.05, 3.63) is 59.7 Å². The molecule has 2 N–H and O–H groups in total. The molecule has 2 aromatic rings. The van der Waals surface area contributed by atoms with Gasteiger partial charge in [-0.15, -0.1) is 24.0 Å². The summed E-state index contributed by atoms with van der Waals surface area (Å²) in [5.41, 5.74) is 1.57. The quantitative estimate of drug-likeness (QED) is 0.335. The molecule has 0 saturated carbocycles. The molecule has 0 aromatic heterocycles. The van der Waals surface area contributed by atoms with Gasteiger partial charge in [0.25, 0.3) is 0 Å². The SMILES string of the molecule is CN=C(NCC(C)c1ccccc1OC)NC1CCN(c2ccc(F)cc2F)C1.I. The van der Waals surface area contributed by atoms with Crippen LogP contribution in [0.5, 0.6) is 5.75 Å². The van der Waals surface area contributed by atoms with Gasteiger partial charge in [-0.05, 0) is 30.2 Å². The summed E-state index contributed by atoms with van der Waals surface area (Å²) in [4.78, 5) is 6.24. The van der Waals surface area contributed by atoms with Crippen LogP contribution in [0.15, 0.2) is 47.5 Å². The number of para-hydroxylation sites is 1. The van der Waals surface area contributed by atoms with E-state index in [-0.39, 0.29) is 35.9 Å². The van der Waals surface area contributed by atoms with E-state index < -0.39 is 11.6 Å². The fourth-order valence-corrected chi connectivity index (χ4v) is 3.66. The first-order valence-corrected chi connectivity index (χ1v) is 9.82. The van der Waals surface area contributed by atoms with Crippen molar-refractivity contribution in [2.24, 2.45) is 4.99 Å². The predicted molar refractivity (Wildman–Crippen MR) is 128 cm³/mol. The number of hydrogen-bond donors (Lipinski definition) is 2. The number of guanidine groups is 1. The van der Waals surface area contributed by atoms with E-state index in [2.05, 4.69) is 28.6 Å². The lowest BCUT2D eigenvalue weighted by Crippen LogP contribution is -2.45. The monoisotopic (exact) mass is 530 g/mol. The maximum Gasteiger partial charge on any atom is 0.191 e. The van der Waals surface area contributed by atoms with E-state index >= 15 is 0 Å². The zero-order valence-electron chi connectivity index (χ0n) is 17.5.